The number of morpholine rings is 1. The van der Waals surface area contributed by atoms with Crippen molar-refractivity contribution in [3.05, 3.63) is 63.9 Å². The zero-order valence-electron chi connectivity index (χ0n) is 20.3. The van der Waals surface area contributed by atoms with E-state index < -0.39 is 0 Å². The Hall–Kier alpha value is -3.07. The van der Waals surface area contributed by atoms with Crippen LogP contribution in [0.3, 0.4) is 0 Å². The van der Waals surface area contributed by atoms with Gasteiger partial charge in [0.25, 0.3) is 5.91 Å². The second-order valence-electron chi connectivity index (χ2n) is 9.06. The van der Waals surface area contributed by atoms with Crippen LogP contribution in [-0.4, -0.2) is 77.5 Å². The van der Waals surface area contributed by atoms with Crippen molar-refractivity contribution < 1.29 is 19.1 Å². The van der Waals surface area contributed by atoms with Crippen molar-refractivity contribution in [2.24, 2.45) is 0 Å². The molecule has 9 heteroatoms. The molecule has 0 saturated carbocycles. The number of amides is 1. The Labute approximate surface area is 215 Å². The number of carbonyl (C=O) groups is 2. The molecule has 0 unspecified atom stereocenters. The number of pyridine rings is 2. The molecular formula is C27H29ClN4O4. The minimum absolute atomic E-state index is 0.00712. The number of nitrogens with zero attached hydrogens (tertiary/aromatic N) is 4. The highest BCUT2D eigenvalue weighted by molar-refractivity contribution is 6.30. The average molecular weight is 509 g/mol. The number of aromatic nitrogens is 2. The fourth-order valence-corrected chi connectivity index (χ4v) is 5.11. The van der Waals surface area contributed by atoms with Crippen LogP contribution >= 0.6 is 11.6 Å². The summed E-state index contributed by atoms with van der Waals surface area (Å²) >= 11 is 6.12. The van der Waals surface area contributed by atoms with E-state index in [1.165, 1.54) is 6.20 Å². The monoisotopic (exact) mass is 508 g/mol. The van der Waals surface area contributed by atoms with Gasteiger partial charge in [-0.05, 0) is 19.1 Å². The van der Waals surface area contributed by atoms with Gasteiger partial charge in [0.15, 0.2) is 5.78 Å². The third-order valence-electron chi connectivity index (χ3n) is 6.60. The fraction of sp³-hybridized carbons (Fsp3) is 0.407. The van der Waals surface area contributed by atoms with Gasteiger partial charge < -0.3 is 14.4 Å². The maximum absolute atomic E-state index is 13.7. The molecule has 2 aliphatic rings. The lowest BCUT2D eigenvalue weighted by Crippen LogP contribution is -2.42. The van der Waals surface area contributed by atoms with E-state index >= 15 is 0 Å². The molecule has 2 aliphatic heterocycles. The van der Waals surface area contributed by atoms with Crippen LogP contribution < -0.4 is 4.74 Å². The lowest BCUT2D eigenvalue weighted by Gasteiger charge is -2.32. The van der Waals surface area contributed by atoms with Crippen LogP contribution in [0.5, 0.6) is 5.88 Å². The van der Waals surface area contributed by atoms with E-state index in [0.29, 0.717) is 74.5 Å². The number of Topliss-reactive ketones (excluding diaryl/α,β-unsaturated/α-hetero) is 1. The molecule has 2 aromatic heterocycles. The number of ketones is 1. The summed E-state index contributed by atoms with van der Waals surface area (Å²) in [6.45, 7) is 6.01. The summed E-state index contributed by atoms with van der Waals surface area (Å²) in [5, 5.41) is 1.32. The summed E-state index contributed by atoms with van der Waals surface area (Å²) < 4.78 is 11.0. The van der Waals surface area contributed by atoms with Gasteiger partial charge in [-0.2, -0.15) is 0 Å². The van der Waals surface area contributed by atoms with Gasteiger partial charge >= 0.3 is 0 Å². The Balaban J connectivity index is 1.39. The molecule has 0 atom stereocenters. The van der Waals surface area contributed by atoms with E-state index in [9.17, 15) is 9.59 Å². The number of ether oxygens (including phenoxy) is 2. The zero-order chi connectivity index (χ0) is 25.1. The summed E-state index contributed by atoms with van der Waals surface area (Å²) in [6, 6.07) is 9.53. The van der Waals surface area contributed by atoms with E-state index in [1.54, 1.807) is 6.07 Å². The van der Waals surface area contributed by atoms with Crippen molar-refractivity contribution in [1.29, 1.82) is 0 Å². The van der Waals surface area contributed by atoms with Crippen molar-refractivity contribution in [2.75, 3.05) is 46.0 Å². The minimum atomic E-state index is 0.00712. The first-order chi connectivity index (χ1) is 17.5. The number of hydrogen-bond donors (Lipinski definition) is 0. The van der Waals surface area contributed by atoms with Crippen molar-refractivity contribution in [2.45, 2.75) is 26.3 Å². The quantitative estimate of drug-likeness (QED) is 0.484. The Kier molecular flexibility index (Phi) is 7.46. The number of hydrogen-bond acceptors (Lipinski definition) is 7. The van der Waals surface area contributed by atoms with Gasteiger partial charge in [0.2, 0.25) is 5.88 Å². The average Bonchev–Trinajstić information content (AvgIpc) is 2.89. The van der Waals surface area contributed by atoms with Crippen molar-refractivity contribution in [1.82, 2.24) is 19.8 Å². The maximum Gasteiger partial charge on any atom is 0.255 e. The predicted molar refractivity (Wildman–Crippen MR) is 137 cm³/mol. The van der Waals surface area contributed by atoms with Crippen LogP contribution in [0.25, 0.3) is 10.9 Å². The lowest BCUT2D eigenvalue weighted by molar-refractivity contribution is -0.119. The van der Waals surface area contributed by atoms with E-state index in [2.05, 4.69) is 9.88 Å². The molecule has 0 aliphatic carbocycles. The van der Waals surface area contributed by atoms with E-state index in [0.717, 1.165) is 22.2 Å². The summed E-state index contributed by atoms with van der Waals surface area (Å²) in [7, 11) is 0. The molecule has 5 rings (SSSR count). The zero-order valence-corrected chi connectivity index (χ0v) is 21.1. The lowest BCUT2D eigenvalue weighted by atomic mass is 9.94. The summed E-state index contributed by atoms with van der Waals surface area (Å²) in [5.74, 6) is 0.485. The maximum atomic E-state index is 13.7. The Morgan fingerprint density at radius 3 is 2.78 bits per heavy atom. The van der Waals surface area contributed by atoms with Gasteiger partial charge in [-0.15, -0.1) is 0 Å². The standard InChI is InChI=1S/C27H29ClN4O4/c1-2-36-26-18(13-19(28)15-29-26)14-20(33)16-31-8-7-24-22(17-31)25(21-5-3-4-6-23(21)30-24)27(34)32-9-11-35-12-10-32/h3-6,13,15H,2,7-12,14,16-17H2,1H3. The fourth-order valence-electron chi connectivity index (χ4n) is 4.93. The molecule has 8 nitrogen and oxygen atoms in total. The Morgan fingerprint density at radius 1 is 1.17 bits per heavy atom. The second-order valence-corrected chi connectivity index (χ2v) is 9.50. The van der Waals surface area contributed by atoms with Crippen LogP contribution in [0.4, 0.5) is 0 Å². The van der Waals surface area contributed by atoms with Crippen LogP contribution in [0.1, 0.15) is 34.1 Å². The Bertz CT molecular complexity index is 1290. The normalized spacial score (nSPS) is 16.1. The van der Waals surface area contributed by atoms with Crippen LogP contribution in [-0.2, 0) is 28.9 Å². The van der Waals surface area contributed by atoms with E-state index in [4.69, 9.17) is 26.1 Å². The molecule has 1 saturated heterocycles. The van der Waals surface area contributed by atoms with Crippen molar-refractivity contribution in [3.8, 4) is 5.88 Å². The molecule has 0 spiro atoms. The Morgan fingerprint density at radius 2 is 1.97 bits per heavy atom. The molecule has 188 valence electrons. The van der Waals surface area contributed by atoms with Gasteiger partial charge in [-0.1, -0.05) is 29.8 Å². The van der Waals surface area contributed by atoms with Crippen LogP contribution in [0.15, 0.2) is 36.5 Å². The van der Waals surface area contributed by atoms with Crippen LogP contribution in [0.2, 0.25) is 5.02 Å². The van der Waals surface area contributed by atoms with Gasteiger partial charge in [0, 0.05) is 67.4 Å². The largest absolute Gasteiger partial charge is 0.478 e. The number of benzene rings is 1. The second kappa shape index (κ2) is 10.9. The topological polar surface area (TPSA) is 84.9 Å². The molecule has 3 aromatic rings. The van der Waals surface area contributed by atoms with Gasteiger partial charge in [-0.3, -0.25) is 19.5 Å². The molecule has 1 aromatic carbocycles. The SMILES string of the molecule is CCOc1ncc(Cl)cc1CC(=O)CN1CCc2nc3ccccc3c(C(=O)N3CCOCC3)c2C1. The number of para-hydroxylation sites is 1. The van der Waals surface area contributed by atoms with Crippen molar-refractivity contribution >= 4 is 34.2 Å². The molecule has 4 heterocycles. The molecule has 0 bridgehead atoms. The molecule has 0 radical (unpaired) electrons. The third-order valence-corrected chi connectivity index (χ3v) is 6.80. The van der Waals surface area contributed by atoms with E-state index in [-0.39, 0.29) is 24.7 Å². The molecule has 1 fully saturated rings. The highest BCUT2D eigenvalue weighted by atomic mass is 35.5. The van der Waals surface area contributed by atoms with Gasteiger partial charge in [-0.25, -0.2) is 4.98 Å². The molecule has 36 heavy (non-hydrogen) atoms. The summed E-state index contributed by atoms with van der Waals surface area (Å²) in [4.78, 5) is 39.8. The summed E-state index contributed by atoms with van der Waals surface area (Å²) in [6.07, 6.45) is 2.38. The third kappa shape index (κ3) is 5.21. The van der Waals surface area contributed by atoms with Gasteiger partial charge in [0.05, 0.1) is 42.5 Å². The van der Waals surface area contributed by atoms with Gasteiger partial charge in [0.1, 0.15) is 0 Å². The van der Waals surface area contributed by atoms with E-state index in [1.807, 2.05) is 36.1 Å². The first-order valence-electron chi connectivity index (χ1n) is 12.3. The number of halogens is 1. The summed E-state index contributed by atoms with van der Waals surface area (Å²) in [5.41, 5.74) is 4.07. The smallest absolute Gasteiger partial charge is 0.255 e. The van der Waals surface area contributed by atoms with Crippen molar-refractivity contribution in [3.63, 3.8) is 0 Å². The molecular weight excluding hydrogens is 480 g/mol. The minimum Gasteiger partial charge on any atom is -0.478 e. The number of carbonyl (C=O) groups excluding carboxylic acids is 2. The van der Waals surface area contributed by atoms with Crippen LogP contribution in [0, 0.1) is 0 Å². The number of rotatable bonds is 7. The molecule has 0 N–H and O–H groups in total. The predicted octanol–water partition coefficient (Wildman–Crippen LogP) is 3.32. The number of fused-ring (bicyclic) bond motifs is 2. The molecule has 1 amide bonds. The highest BCUT2D eigenvalue weighted by Gasteiger charge is 2.29. The first kappa shape index (κ1) is 24.6. The first-order valence-corrected chi connectivity index (χ1v) is 12.7. The highest BCUT2D eigenvalue weighted by Crippen LogP contribution is 2.30.